The van der Waals surface area contributed by atoms with Gasteiger partial charge in [-0.3, -0.25) is 9.59 Å². The smallest absolute Gasteiger partial charge is 0.223 e. The average Bonchev–Trinajstić information content (AvgIpc) is 2.81. The van der Waals surface area contributed by atoms with Gasteiger partial charge < -0.3 is 10.2 Å². The Morgan fingerprint density at radius 2 is 1.62 bits per heavy atom. The average molecular weight is 427 g/mol. The van der Waals surface area contributed by atoms with Crippen LogP contribution >= 0.6 is 0 Å². The number of rotatable bonds is 6. The van der Waals surface area contributed by atoms with Crippen molar-refractivity contribution in [2.75, 3.05) is 6.54 Å². The lowest BCUT2D eigenvalue weighted by Gasteiger charge is -2.39. The molecule has 2 amide bonds. The topological polar surface area (TPSA) is 49.4 Å². The van der Waals surface area contributed by atoms with E-state index in [0.717, 1.165) is 17.5 Å². The summed E-state index contributed by atoms with van der Waals surface area (Å²) in [5.74, 6) is -0.0684. The van der Waals surface area contributed by atoms with Crippen LogP contribution in [0.2, 0.25) is 0 Å². The van der Waals surface area contributed by atoms with Crippen LogP contribution < -0.4 is 5.32 Å². The van der Waals surface area contributed by atoms with Crippen molar-refractivity contribution in [3.8, 4) is 0 Å². The molecule has 4 heteroatoms. The van der Waals surface area contributed by atoms with Crippen molar-refractivity contribution in [2.24, 2.45) is 0 Å². The number of hydrogen-bond donors (Lipinski definition) is 1. The lowest BCUT2D eigenvalue weighted by molar-refractivity contribution is -0.135. The fraction of sp³-hybridized carbons (Fsp3) is 0.286. The molecule has 1 unspecified atom stereocenters. The summed E-state index contributed by atoms with van der Waals surface area (Å²) in [6, 6.07) is 24.3. The quantitative estimate of drug-likeness (QED) is 0.611. The first-order valence-corrected chi connectivity index (χ1v) is 11.3. The Morgan fingerprint density at radius 1 is 0.938 bits per heavy atom. The highest BCUT2D eigenvalue weighted by Gasteiger charge is 2.32. The number of fused-ring (bicyclic) bond motifs is 1. The predicted molar refractivity (Wildman–Crippen MR) is 127 cm³/mol. The molecule has 3 aromatic carbocycles. The molecule has 4 rings (SSSR count). The maximum Gasteiger partial charge on any atom is 0.223 e. The lowest BCUT2D eigenvalue weighted by atomic mass is 9.84. The summed E-state index contributed by atoms with van der Waals surface area (Å²) >= 11 is 0. The van der Waals surface area contributed by atoms with E-state index >= 15 is 0 Å². The van der Waals surface area contributed by atoms with Crippen molar-refractivity contribution in [2.45, 2.75) is 45.7 Å². The minimum Gasteiger partial charge on any atom is -0.352 e. The SMILES string of the molecule is Cc1cc(C)c2c(c1)C(c1ccccc1)N(C(=O)CCC(=O)NCc1ccccc1)CC2. The van der Waals surface area contributed by atoms with Crippen molar-refractivity contribution in [3.05, 3.63) is 106 Å². The summed E-state index contributed by atoms with van der Waals surface area (Å²) in [5.41, 5.74) is 7.20. The molecule has 0 spiro atoms. The first-order valence-electron chi connectivity index (χ1n) is 11.3. The zero-order valence-corrected chi connectivity index (χ0v) is 18.8. The van der Waals surface area contributed by atoms with E-state index in [1.807, 2.05) is 53.4 Å². The summed E-state index contributed by atoms with van der Waals surface area (Å²) in [5, 5.41) is 2.92. The van der Waals surface area contributed by atoms with E-state index in [1.54, 1.807) is 0 Å². The van der Waals surface area contributed by atoms with Gasteiger partial charge in [0.05, 0.1) is 6.04 Å². The van der Waals surface area contributed by atoms with Crippen molar-refractivity contribution in [3.63, 3.8) is 0 Å². The number of nitrogens with one attached hydrogen (secondary N) is 1. The molecule has 1 heterocycles. The molecule has 32 heavy (non-hydrogen) atoms. The highest BCUT2D eigenvalue weighted by Crippen LogP contribution is 2.37. The van der Waals surface area contributed by atoms with Crippen molar-refractivity contribution in [1.29, 1.82) is 0 Å². The van der Waals surface area contributed by atoms with Crippen LogP contribution in [0.3, 0.4) is 0 Å². The van der Waals surface area contributed by atoms with E-state index in [0.29, 0.717) is 13.1 Å². The molecule has 0 radical (unpaired) electrons. The van der Waals surface area contributed by atoms with E-state index in [2.05, 4.69) is 43.4 Å². The third-order valence-corrected chi connectivity index (χ3v) is 6.19. The van der Waals surface area contributed by atoms with E-state index in [-0.39, 0.29) is 30.7 Å². The molecule has 164 valence electrons. The second-order valence-corrected chi connectivity index (χ2v) is 8.56. The fourth-order valence-electron chi connectivity index (χ4n) is 4.66. The Labute approximate surface area is 190 Å². The largest absolute Gasteiger partial charge is 0.352 e. The van der Waals surface area contributed by atoms with Gasteiger partial charge in [0.1, 0.15) is 0 Å². The zero-order valence-electron chi connectivity index (χ0n) is 18.8. The van der Waals surface area contributed by atoms with Crippen LogP contribution in [-0.2, 0) is 22.6 Å². The molecular formula is C28H30N2O2. The summed E-state index contributed by atoms with van der Waals surface area (Å²) in [4.78, 5) is 27.6. The van der Waals surface area contributed by atoms with Crippen LogP contribution in [0.5, 0.6) is 0 Å². The minimum atomic E-state index is -0.113. The lowest BCUT2D eigenvalue weighted by Crippen LogP contribution is -2.41. The van der Waals surface area contributed by atoms with Gasteiger partial charge in [0.2, 0.25) is 11.8 Å². The second kappa shape index (κ2) is 9.82. The Kier molecular flexibility index (Phi) is 6.69. The number of carbonyl (C=O) groups is 2. The summed E-state index contributed by atoms with van der Waals surface area (Å²) in [7, 11) is 0. The van der Waals surface area contributed by atoms with Gasteiger partial charge in [0.15, 0.2) is 0 Å². The van der Waals surface area contributed by atoms with Gasteiger partial charge >= 0.3 is 0 Å². The molecule has 0 saturated carbocycles. The van der Waals surface area contributed by atoms with Gasteiger partial charge in [-0.1, -0.05) is 78.4 Å². The molecule has 0 bridgehead atoms. The minimum absolute atomic E-state index is 0.0264. The molecule has 1 aliphatic rings. The van der Waals surface area contributed by atoms with Gasteiger partial charge in [0, 0.05) is 25.9 Å². The maximum atomic E-state index is 13.3. The summed E-state index contributed by atoms with van der Waals surface area (Å²) in [6.45, 7) is 5.41. The van der Waals surface area contributed by atoms with Gasteiger partial charge in [-0.15, -0.1) is 0 Å². The normalized spacial score (nSPS) is 15.2. The van der Waals surface area contributed by atoms with Crippen molar-refractivity contribution < 1.29 is 9.59 Å². The molecule has 1 aliphatic heterocycles. The standard InChI is InChI=1S/C28H30N2O2/c1-20-17-21(2)24-15-16-30(28(25(24)18-20)23-11-7-4-8-12-23)27(32)14-13-26(31)29-19-22-9-5-3-6-10-22/h3-12,17-18,28H,13-16,19H2,1-2H3,(H,29,31). The van der Waals surface area contributed by atoms with E-state index in [1.165, 1.54) is 22.3 Å². The fourth-order valence-corrected chi connectivity index (χ4v) is 4.66. The maximum absolute atomic E-state index is 13.3. The molecule has 1 N–H and O–H groups in total. The molecule has 0 saturated heterocycles. The number of hydrogen-bond acceptors (Lipinski definition) is 2. The number of amides is 2. The first kappa shape index (κ1) is 21.8. The molecule has 0 aliphatic carbocycles. The number of nitrogens with zero attached hydrogens (tertiary/aromatic N) is 1. The van der Waals surface area contributed by atoms with Crippen LogP contribution in [0.25, 0.3) is 0 Å². The van der Waals surface area contributed by atoms with Crippen LogP contribution in [0.4, 0.5) is 0 Å². The van der Waals surface area contributed by atoms with Gasteiger partial charge in [-0.2, -0.15) is 0 Å². The Morgan fingerprint density at radius 3 is 2.34 bits per heavy atom. The highest BCUT2D eigenvalue weighted by atomic mass is 16.2. The van der Waals surface area contributed by atoms with Crippen LogP contribution in [0.1, 0.15) is 52.3 Å². The molecular weight excluding hydrogens is 396 g/mol. The predicted octanol–water partition coefficient (Wildman–Crippen LogP) is 4.87. The van der Waals surface area contributed by atoms with Crippen LogP contribution in [0, 0.1) is 13.8 Å². The van der Waals surface area contributed by atoms with Gasteiger partial charge in [-0.05, 0) is 48.1 Å². The number of aryl methyl sites for hydroxylation is 2. The van der Waals surface area contributed by atoms with E-state index in [9.17, 15) is 9.59 Å². The van der Waals surface area contributed by atoms with Gasteiger partial charge in [-0.25, -0.2) is 0 Å². The third-order valence-electron chi connectivity index (χ3n) is 6.19. The van der Waals surface area contributed by atoms with Crippen molar-refractivity contribution in [1.82, 2.24) is 10.2 Å². The molecule has 0 aromatic heterocycles. The number of carbonyl (C=O) groups excluding carboxylic acids is 2. The second-order valence-electron chi connectivity index (χ2n) is 8.56. The highest BCUT2D eigenvalue weighted by molar-refractivity contribution is 5.84. The third kappa shape index (κ3) is 4.91. The van der Waals surface area contributed by atoms with Crippen LogP contribution in [0.15, 0.2) is 72.8 Å². The van der Waals surface area contributed by atoms with Gasteiger partial charge in [0.25, 0.3) is 0 Å². The molecule has 0 fully saturated rings. The molecule has 1 atom stereocenters. The Balaban J connectivity index is 1.48. The van der Waals surface area contributed by atoms with Crippen LogP contribution in [-0.4, -0.2) is 23.3 Å². The Hall–Kier alpha value is -3.40. The Bertz CT molecular complexity index is 1090. The summed E-state index contributed by atoms with van der Waals surface area (Å²) < 4.78 is 0. The number of benzene rings is 3. The molecule has 4 nitrogen and oxygen atoms in total. The van der Waals surface area contributed by atoms with E-state index < -0.39 is 0 Å². The van der Waals surface area contributed by atoms with E-state index in [4.69, 9.17) is 0 Å². The van der Waals surface area contributed by atoms with Crippen molar-refractivity contribution >= 4 is 11.8 Å². The monoisotopic (exact) mass is 426 g/mol. The molecule has 3 aromatic rings. The summed E-state index contributed by atoms with van der Waals surface area (Å²) in [6.07, 6.45) is 1.25. The zero-order chi connectivity index (χ0) is 22.5. The first-order chi connectivity index (χ1) is 15.5.